The molecular formula is C12H10BrN3. The summed E-state index contributed by atoms with van der Waals surface area (Å²) in [5, 5.41) is 9.10. The van der Waals surface area contributed by atoms with Crippen LogP contribution >= 0.6 is 15.9 Å². The second-order valence-electron chi connectivity index (χ2n) is 3.59. The van der Waals surface area contributed by atoms with Crippen LogP contribution in [0, 0.1) is 25.2 Å². The second kappa shape index (κ2) is 4.11. The molecule has 0 bridgehead atoms. The van der Waals surface area contributed by atoms with Crippen molar-refractivity contribution in [2.45, 2.75) is 13.8 Å². The normalized spacial score (nSPS) is 10.1. The Morgan fingerprint density at radius 2 is 1.94 bits per heavy atom. The summed E-state index contributed by atoms with van der Waals surface area (Å²) < 4.78 is 2.79. The van der Waals surface area contributed by atoms with Crippen LogP contribution in [0.3, 0.4) is 0 Å². The molecule has 0 aromatic carbocycles. The summed E-state index contributed by atoms with van der Waals surface area (Å²) in [6.45, 7) is 4.00. The van der Waals surface area contributed by atoms with Crippen molar-refractivity contribution in [3.8, 4) is 11.9 Å². The van der Waals surface area contributed by atoms with Crippen molar-refractivity contribution in [3.63, 3.8) is 0 Å². The monoisotopic (exact) mass is 275 g/mol. The van der Waals surface area contributed by atoms with Crippen LogP contribution in [0.4, 0.5) is 0 Å². The zero-order valence-electron chi connectivity index (χ0n) is 9.03. The van der Waals surface area contributed by atoms with E-state index < -0.39 is 0 Å². The molecule has 0 N–H and O–H groups in total. The number of aromatic nitrogens is 2. The Morgan fingerprint density at radius 1 is 1.31 bits per heavy atom. The molecule has 3 nitrogen and oxygen atoms in total. The Balaban J connectivity index is 2.70. The number of hydrogen-bond donors (Lipinski definition) is 0. The summed E-state index contributed by atoms with van der Waals surface area (Å²) >= 11 is 3.31. The van der Waals surface area contributed by atoms with Crippen molar-refractivity contribution in [2.75, 3.05) is 0 Å². The van der Waals surface area contributed by atoms with Crippen LogP contribution < -0.4 is 0 Å². The molecule has 2 aromatic rings. The lowest BCUT2D eigenvalue weighted by molar-refractivity contribution is 0.916. The number of nitrogens with zero attached hydrogens (tertiary/aromatic N) is 3. The Hall–Kier alpha value is -1.60. The summed E-state index contributed by atoms with van der Waals surface area (Å²) in [6, 6.07) is 7.97. The van der Waals surface area contributed by atoms with Crippen LogP contribution in [0.1, 0.15) is 17.0 Å². The van der Waals surface area contributed by atoms with E-state index in [1.807, 2.05) is 30.5 Å². The Morgan fingerprint density at radius 3 is 2.50 bits per heavy atom. The molecule has 0 aliphatic rings. The number of aryl methyl sites for hydroxylation is 2. The standard InChI is InChI=1S/C12H10BrN3/c1-8-3-4-9(2)16(8)12-10(6-14)5-11(13)7-15-12/h3-5,7H,1-2H3. The smallest absolute Gasteiger partial charge is 0.155 e. The van der Waals surface area contributed by atoms with Gasteiger partial charge in [-0.25, -0.2) is 4.98 Å². The highest BCUT2D eigenvalue weighted by atomic mass is 79.9. The van der Waals surface area contributed by atoms with Crippen molar-refractivity contribution >= 4 is 15.9 Å². The van der Waals surface area contributed by atoms with Crippen molar-refractivity contribution in [3.05, 3.63) is 45.8 Å². The first kappa shape index (κ1) is 10.9. The first-order valence-electron chi connectivity index (χ1n) is 4.84. The minimum Gasteiger partial charge on any atom is -0.302 e. The lowest BCUT2D eigenvalue weighted by Gasteiger charge is -2.09. The van der Waals surface area contributed by atoms with Crippen molar-refractivity contribution in [2.24, 2.45) is 0 Å². The minimum absolute atomic E-state index is 0.566. The molecule has 0 atom stereocenters. The third kappa shape index (κ3) is 1.74. The molecule has 2 heterocycles. The Bertz CT molecular complexity index is 559. The molecule has 0 fully saturated rings. The number of nitriles is 1. The van der Waals surface area contributed by atoms with Gasteiger partial charge in [0.25, 0.3) is 0 Å². The lowest BCUT2D eigenvalue weighted by atomic mass is 10.2. The fraction of sp³-hybridized carbons (Fsp3) is 0.167. The number of halogens is 1. The molecule has 2 aromatic heterocycles. The summed E-state index contributed by atoms with van der Waals surface area (Å²) in [5.41, 5.74) is 2.71. The molecule has 0 unspecified atom stereocenters. The maximum Gasteiger partial charge on any atom is 0.155 e. The first-order valence-corrected chi connectivity index (χ1v) is 5.63. The van der Waals surface area contributed by atoms with E-state index in [1.165, 1.54) is 0 Å². The molecule has 0 aliphatic carbocycles. The highest BCUT2D eigenvalue weighted by Gasteiger charge is 2.10. The summed E-state index contributed by atoms with van der Waals surface area (Å²) in [6.07, 6.45) is 1.70. The van der Waals surface area contributed by atoms with Crippen molar-refractivity contribution in [1.29, 1.82) is 5.26 Å². The van der Waals surface area contributed by atoms with Gasteiger partial charge in [0.05, 0.1) is 5.56 Å². The van der Waals surface area contributed by atoms with Gasteiger partial charge in [0.1, 0.15) is 6.07 Å². The fourth-order valence-corrected chi connectivity index (χ4v) is 2.03. The molecule has 2 rings (SSSR count). The van der Waals surface area contributed by atoms with Crippen LogP contribution in [-0.2, 0) is 0 Å². The van der Waals surface area contributed by atoms with Gasteiger partial charge in [-0.3, -0.25) is 0 Å². The number of pyridine rings is 1. The largest absolute Gasteiger partial charge is 0.302 e. The van der Waals surface area contributed by atoms with Crippen LogP contribution in [-0.4, -0.2) is 9.55 Å². The number of rotatable bonds is 1. The molecule has 0 saturated heterocycles. The SMILES string of the molecule is Cc1ccc(C)n1-c1ncc(Br)cc1C#N. The third-order valence-electron chi connectivity index (χ3n) is 2.44. The van der Waals surface area contributed by atoms with Crippen LogP contribution in [0.25, 0.3) is 5.82 Å². The van der Waals surface area contributed by atoms with E-state index in [4.69, 9.17) is 5.26 Å². The average Bonchev–Trinajstić information content (AvgIpc) is 2.59. The van der Waals surface area contributed by atoms with Crippen LogP contribution in [0.15, 0.2) is 28.9 Å². The van der Waals surface area contributed by atoms with Gasteiger partial charge in [0.15, 0.2) is 5.82 Å². The van der Waals surface area contributed by atoms with Gasteiger partial charge in [-0.1, -0.05) is 0 Å². The molecule has 0 amide bonds. The first-order chi connectivity index (χ1) is 7.63. The van der Waals surface area contributed by atoms with E-state index in [1.54, 1.807) is 12.3 Å². The van der Waals surface area contributed by atoms with Gasteiger partial charge >= 0.3 is 0 Å². The second-order valence-corrected chi connectivity index (χ2v) is 4.50. The minimum atomic E-state index is 0.566. The van der Waals surface area contributed by atoms with Gasteiger partial charge in [-0.05, 0) is 48.0 Å². The van der Waals surface area contributed by atoms with Crippen LogP contribution in [0.5, 0.6) is 0 Å². The lowest BCUT2D eigenvalue weighted by Crippen LogP contribution is -2.04. The number of hydrogen-bond acceptors (Lipinski definition) is 2. The molecule has 0 radical (unpaired) electrons. The summed E-state index contributed by atoms with van der Waals surface area (Å²) in [7, 11) is 0. The highest BCUT2D eigenvalue weighted by Crippen LogP contribution is 2.20. The van der Waals surface area contributed by atoms with E-state index in [9.17, 15) is 0 Å². The molecule has 0 saturated carbocycles. The zero-order chi connectivity index (χ0) is 11.7. The highest BCUT2D eigenvalue weighted by molar-refractivity contribution is 9.10. The third-order valence-corrected chi connectivity index (χ3v) is 2.87. The van der Waals surface area contributed by atoms with Gasteiger partial charge < -0.3 is 4.57 Å². The molecule has 0 aliphatic heterocycles. The summed E-state index contributed by atoms with van der Waals surface area (Å²) in [5.74, 6) is 0.686. The van der Waals surface area contributed by atoms with Crippen molar-refractivity contribution in [1.82, 2.24) is 9.55 Å². The zero-order valence-corrected chi connectivity index (χ0v) is 10.6. The van der Waals surface area contributed by atoms with E-state index in [0.717, 1.165) is 15.9 Å². The van der Waals surface area contributed by atoms with Crippen LogP contribution in [0.2, 0.25) is 0 Å². The van der Waals surface area contributed by atoms with Gasteiger partial charge in [-0.2, -0.15) is 5.26 Å². The predicted octanol–water partition coefficient (Wildman–Crippen LogP) is 3.12. The molecular weight excluding hydrogens is 266 g/mol. The molecule has 80 valence electrons. The Labute approximate surface area is 102 Å². The topological polar surface area (TPSA) is 41.6 Å². The molecule has 4 heteroatoms. The van der Waals surface area contributed by atoms with E-state index in [2.05, 4.69) is 27.0 Å². The Kier molecular flexibility index (Phi) is 2.80. The van der Waals surface area contributed by atoms with E-state index in [-0.39, 0.29) is 0 Å². The van der Waals surface area contributed by atoms with Gasteiger partial charge in [0, 0.05) is 22.1 Å². The summed E-state index contributed by atoms with van der Waals surface area (Å²) in [4.78, 5) is 4.31. The maximum absolute atomic E-state index is 9.10. The predicted molar refractivity (Wildman–Crippen MR) is 65.5 cm³/mol. The molecule has 16 heavy (non-hydrogen) atoms. The average molecular weight is 276 g/mol. The maximum atomic E-state index is 9.10. The molecule has 0 spiro atoms. The van der Waals surface area contributed by atoms with Gasteiger partial charge in [-0.15, -0.1) is 0 Å². The van der Waals surface area contributed by atoms with Gasteiger partial charge in [0.2, 0.25) is 0 Å². The van der Waals surface area contributed by atoms with E-state index >= 15 is 0 Å². The van der Waals surface area contributed by atoms with Crippen molar-refractivity contribution < 1.29 is 0 Å². The quantitative estimate of drug-likeness (QED) is 0.803. The van der Waals surface area contributed by atoms with E-state index in [0.29, 0.717) is 11.4 Å². The fourth-order valence-electron chi connectivity index (χ4n) is 1.70.